The van der Waals surface area contributed by atoms with Gasteiger partial charge in [-0.3, -0.25) is 10.1 Å². The van der Waals surface area contributed by atoms with Crippen LogP contribution in [0.1, 0.15) is 24.1 Å². The maximum atomic E-state index is 12.7. The molecule has 0 saturated carbocycles. The summed E-state index contributed by atoms with van der Waals surface area (Å²) in [6, 6.07) is 7.08. The highest BCUT2D eigenvalue weighted by Crippen LogP contribution is 2.37. The Morgan fingerprint density at radius 3 is 2.54 bits per heavy atom. The van der Waals surface area contributed by atoms with Crippen molar-refractivity contribution in [2.45, 2.75) is 19.1 Å². The van der Waals surface area contributed by atoms with Crippen molar-refractivity contribution in [1.82, 2.24) is 0 Å². The van der Waals surface area contributed by atoms with E-state index in [2.05, 4.69) is 0 Å². The van der Waals surface area contributed by atoms with Crippen LogP contribution in [-0.4, -0.2) is 17.7 Å². The molecule has 0 amide bonds. The van der Waals surface area contributed by atoms with Crippen molar-refractivity contribution in [3.05, 3.63) is 68.7 Å². The lowest BCUT2D eigenvalue weighted by Gasteiger charge is -2.12. The van der Waals surface area contributed by atoms with Crippen LogP contribution in [0.15, 0.2) is 42.5 Å². The lowest BCUT2D eigenvalue weighted by molar-refractivity contribution is -0.523. The van der Waals surface area contributed by atoms with Gasteiger partial charge >= 0.3 is 14.2 Å². The van der Waals surface area contributed by atoms with Crippen molar-refractivity contribution in [2.75, 3.05) is 12.8 Å². The molecular formula is C17H15ClF3NO5P+. The fourth-order valence-corrected chi connectivity index (χ4v) is 3.54. The number of nitro groups is 1. The summed E-state index contributed by atoms with van der Waals surface area (Å²) in [7, 11) is -2.21. The van der Waals surface area contributed by atoms with Crippen LogP contribution in [0.5, 0.6) is 11.5 Å². The largest absolute Gasteiger partial charge is 0.515 e. The Morgan fingerprint density at radius 2 is 1.96 bits per heavy atom. The molecule has 0 aliphatic carbocycles. The fourth-order valence-electron chi connectivity index (χ4n) is 2.30. The van der Waals surface area contributed by atoms with Crippen LogP contribution in [0.3, 0.4) is 0 Å². The van der Waals surface area contributed by atoms with Crippen molar-refractivity contribution < 1.29 is 31.9 Å². The van der Waals surface area contributed by atoms with Gasteiger partial charge in [0.1, 0.15) is 11.5 Å². The normalized spacial score (nSPS) is 13.1. The van der Waals surface area contributed by atoms with Crippen LogP contribution in [0.4, 0.5) is 13.2 Å². The first-order valence-corrected chi connectivity index (χ1v) is 9.71. The summed E-state index contributed by atoms with van der Waals surface area (Å²) in [5, 5.41) is 11.1. The Kier molecular flexibility index (Phi) is 7.35. The molecule has 2 unspecified atom stereocenters. The molecule has 150 valence electrons. The van der Waals surface area contributed by atoms with Gasteiger partial charge < -0.3 is 4.74 Å². The number of hydrogen-bond acceptors (Lipinski definition) is 5. The molecule has 0 heterocycles. The smallest absolute Gasteiger partial charge is 0.456 e. The molecule has 0 aliphatic rings. The number of hydrogen-bond donors (Lipinski definition) is 0. The van der Waals surface area contributed by atoms with E-state index in [0.29, 0.717) is 0 Å². The van der Waals surface area contributed by atoms with Crippen LogP contribution in [-0.2, 0) is 15.3 Å². The second-order valence-corrected chi connectivity index (χ2v) is 7.25. The highest BCUT2D eigenvalue weighted by Gasteiger charge is 2.35. The van der Waals surface area contributed by atoms with Crippen molar-refractivity contribution in [2.24, 2.45) is 0 Å². The van der Waals surface area contributed by atoms with E-state index in [4.69, 9.17) is 20.9 Å². The molecule has 0 N–H and O–H groups in total. The Hall–Kier alpha value is -2.22. The summed E-state index contributed by atoms with van der Waals surface area (Å²) in [5.74, 6) is 0.0995. The van der Waals surface area contributed by atoms with Crippen LogP contribution in [0.25, 0.3) is 0 Å². The van der Waals surface area contributed by atoms with E-state index in [9.17, 15) is 27.9 Å². The van der Waals surface area contributed by atoms with Gasteiger partial charge in [-0.25, -0.2) is 0 Å². The topological polar surface area (TPSA) is 78.7 Å². The Morgan fingerprint density at radius 1 is 1.25 bits per heavy atom. The molecule has 0 spiro atoms. The molecule has 0 saturated heterocycles. The van der Waals surface area contributed by atoms with E-state index in [1.54, 1.807) is 6.92 Å². The van der Waals surface area contributed by atoms with Crippen LogP contribution in [0.2, 0.25) is 5.02 Å². The van der Waals surface area contributed by atoms with Gasteiger partial charge in [-0.2, -0.15) is 13.2 Å². The first kappa shape index (κ1) is 22.1. The predicted octanol–water partition coefficient (Wildman–Crippen LogP) is 6.25. The third-order valence-corrected chi connectivity index (χ3v) is 5.07. The van der Waals surface area contributed by atoms with E-state index in [1.807, 2.05) is 0 Å². The first-order chi connectivity index (χ1) is 13.1. The molecule has 0 aliphatic heterocycles. The number of rotatable bonds is 8. The average Bonchev–Trinajstić information content (AvgIpc) is 2.61. The highest BCUT2D eigenvalue weighted by atomic mass is 35.5. The van der Waals surface area contributed by atoms with Gasteiger partial charge in [0.2, 0.25) is 6.16 Å². The summed E-state index contributed by atoms with van der Waals surface area (Å²) in [5.41, 5.74) is -0.708. The number of ether oxygens (including phenoxy) is 1. The summed E-state index contributed by atoms with van der Waals surface area (Å²) in [6.07, 6.45) is -4.86. The summed E-state index contributed by atoms with van der Waals surface area (Å²) >= 11 is 5.85. The summed E-state index contributed by atoms with van der Waals surface area (Å²) in [4.78, 5) is 10.8. The van der Waals surface area contributed by atoms with Gasteiger partial charge in [0, 0.05) is 10.5 Å². The molecule has 2 atom stereocenters. The molecule has 6 nitrogen and oxygen atoms in total. The molecule has 2 aromatic rings. The molecule has 0 fully saturated rings. The lowest BCUT2D eigenvalue weighted by atomic mass is 10.1. The van der Waals surface area contributed by atoms with Gasteiger partial charge in [-0.1, -0.05) is 23.7 Å². The zero-order valence-electron chi connectivity index (χ0n) is 14.5. The predicted molar refractivity (Wildman–Crippen MR) is 96.8 cm³/mol. The number of alkyl halides is 3. The molecule has 2 aromatic carbocycles. The Bertz CT molecular complexity index is 878. The van der Waals surface area contributed by atoms with Crippen LogP contribution < -0.4 is 4.74 Å². The molecule has 28 heavy (non-hydrogen) atoms. The van der Waals surface area contributed by atoms with Crippen LogP contribution >= 0.6 is 19.6 Å². The van der Waals surface area contributed by atoms with E-state index in [1.165, 1.54) is 24.3 Å². The maximum absolute atomic E-state index is 12.7. The highest BCUT2D eigenvalue weighted by molar-refractivity contribution is 7.39. The summed E-state index contributed by atoms with van der Waals surface area (Å²) < 4.78 is 60.2. The minimum atomic E-state index is -4.54. The number of nitrogens with zero attached hydrogens (tertiary/aromatic N) is 1. The average molecular weight is 437 g/mol. The first-order valence-electron chi connectivity index (χ1n) is 7.97. The van der Waals surface area contributed by atoms with E-state index < -0.39 is 30.7 Å². The second-order valence-electron chi connectivity index (χ2n) is 5.55. The minimum Gasteiger partial charge on any atom is -0.456 e. The van der Waals surface area contributed by atoms with Gasteiger partial charge in [-0.15, -0.1) is 4.52 Å². The minimum absolute atomic E-state index is 0.0372. The van der Waals surface area contributed by atoms with E-state index in [-0.39, 0.29) is 34.9 Å². The van der Waals surface area contributed by atoms with Gasteiger partial charge in [0.25, 0.3) is 6.04 Å². The zero-order chi connectivity index (χ0) is 20.9. The number of halogens is 4. The Balaban J connectivity index is 2.25. The van der Waals surface area contributed by atoms with Gasteiger partial charge in [0.15, 0.2) is 0 Å². The van der Waals surface area contributed by atoms with E-state index in [0.717, 1.165) is 18.2 Å². The van der Waals surface area contributed by atoms with Gasteiger partial charge in [-0.05, 0) is 41.8 Å². The lowest BCUT2D eigenvalue weighted by Crippen LogP contribution is -2.13. The van der Waals surface area contributed by atoms with Crippen molar-refractivity contribution in [1.29, 1.82) is 0 Å². The van der Waals surface area contributed by atoms with Crippen molar-refractivity contribution in [3.8, 4) is 11.5 Å². The SMILES string of the molecule is CCO[P+](=O)CC(c1cccc(Oc2ccc(C(F)(F)F)cc2Cl)c1)[N+](=O)[O-]. The Labute approximate surface area is 164 Å². The standard InChI is InChI=1S/C17H15ClF3NO5P/c1-2-26-28(25)10-15(22(23)24)11-4-3-5-13(8-11)27-16-7-6-12(9-14(16)18)17(19,20)21/h3-9,15H,2,10H2,1H3/q+1. The fraction of sp³-hybridized carbons (Fsp3) is 0.294. The third-order valence-electron chi connectivity index (χ3n) is 3.58. The van der Waals surface area contributed by atoms with Crippen LogP contribution in [0, 0.1) is 10.1 Å². The van der Waals surface area contributed by atoms with E-state index >= 15 is 0 Å². The molecule has 0 aromatic heterocycles. The molecule has 11 heteroatoms. The maximum Gasteiger partial charge on any atom is 0.515 e. The molecular weight excluding hydrogens is 422 g/mol. The zero-order valence-corrected chi connectivity index (χ0v) is 16.1. The molecule has 0 radical (unpaired) electrons. The van der Waals surface area contributed by atoms with Gasteiger partial charge in [0.05, 0.1) is 17.2 Å². The van der Waals surface area contributed by atoms with Crippen molar-refractivity contribution >= 4 is 19.6 Å². The molecule has 2 rings (SSSR count). The number of benzene rings is 2. The summed E-state index contributed by atoms with van der Waals surface area (Å²) in [6.45, 7) is 1.78. The quantitative estimate of drug-likeness (QED) is 0.278. The van der Waals surface area contributed by atoms with Crippen molar-refractivity contribution in [3.63, 3.8) is 0 Å². The monoisotopic (exact) mass is 436 g/mol. The second kappa shape index (κ2) is 9.32. The molecule has 0 bridgehead atoms. The third kappa shape index (κ3) is 5.89.